The Labute approximate surface area is 100.0 Å². The molecule has 0 fully saturated rings. The second-order valence-electron chi connectivity index (χ2n) is 3.51. The van der Waals surface area contributed by atoms with Crippen molar-refractivity contribution >= 4 is 15.8 Å². The first-order valence-corrected chi connectivity index (χ1v) is 6.68. The molecule has 0 saturated carbocycles. The molecular weight excluding hydrogens is 244 g/mol. The molecule has 0 saturated heterocycles. The fourth-order valence-corrected chi connectivity index (χ4v) is 2.38. The minimum absolute atomic E-state index is 0.0115. The lowest BCUT2D eigenvalue weighted by molar-refractivity contribution is 0.0696. The van der Waals surface area contributed by atoms with Crippen molar-refractivity contribution in [1.82, 2.24) is 0 Å². The zero-order valence-electron chi connectivity index (χ0n) is 9.63. The number of carbonyl (C=O) groups is 1. The molecule has 1 rings (SSSR count). The van der Waals surface area contributed by atoms with Crippen molar-refractivity contribution in [2.24, 2.45) is 0 Å². The lowest BCUT2D eigenvalue weighted by Crippen LogP contribution is -2.11. The van der Waals surface area contributed by atoms with Crippen molar-refractivity contribution < 1.29 is 23.1 Å². The van der Waals surface area contributed by atoms with Gasteiger partial charge in [-0.25, -0.2) is 13.2 Å². The van der Waals surface area contributed by atoms with E-state index in [4.69, 9.17) is 9.84 Å². The summed E-state index contributed by atoms with van der Waals surface area (Å²) in [6, 6.07) is 4.02. The molecule has 5 nitrogen and oxygen atoms in total. The topological polar surface area (TPSA) is 80.7 Å². The predicted octanol–water partition coefficient (Wildman–Crippen LogP) is 1.46. The Morgan fingerprint density at radius 2 is 2.06 bits per heavy atom. The Bertz CT molecular complexity index is 519. The van der Waals surface area contributed by atoms with E-state index in [1.54, 1.807) is 13.8 Å². The van der Waals surface area contributed by atoms with Crippen LogP contribution in [0.25, 0.3) is 0 Å². The Morgan fingerprint density at radius 1 is 1.41 bits per heavy atom. The maximum absolute atomic E-state index is 11.8. The van der Waals surface area contributed by atoms with Gasteiger partial charge in [0.15, 0.2) is 5.94 Å². The van der Waals surface area contributed by atoms with E-state index in [1.165, 1.54) is 12.1 Å². The van der Waals surface area contributed by atoms with Crippen LogP contribution in [-0.2, 0) is 14.6 Å². The molecular formula is C11H14O5S. The Kier molecular flexibility index (Phi) is 4.25. The van der Waals surface area contributed by atoms with Crippen LogP contribution < -0.4 is 0 Å². The van der Waals surface area contributed by atoms with Crippen molar-refractivity contribution in [3.8, 4) is 0 Å². The van der Waals surface area contributed by atoms with Crippen LogP contribution in [-0.4, -0.2) is 32.0 Å². The minimum atomic E-state index is -3.58. The first-order valence-electron chi connectivity index (χ1n) is 5.03. The van der Waals surface area contributed by atoms with Crippen LogP contribution in [0, 0.1) is 6.92 Å². The summed E-state index contributed by atoms with van der Waals surface area (Å²) in [6.07, 6.45) is 0. The van der Waals surface area contributed by atoms with Crippen LogP contribution in [0.5, 0.6) is 0 Å². The predicted molar refractivity (Wildman–Crippen MR) is 61.8 cm³/mol. The van der Waals surface area contributed by atoms with Gasteiger partial charge in [0.25, 0.3) is 0 Å². The van der Waals surface area contributed by atoms with Crippen LogP contribution in [0.4, 0.5) is 0 Å². The van der Waals surface area contributed by atoms with Gasteiger partial charge < -0.3 is 9.84 Å². The fraction of sp³-hybridized carbons (Fsp3) is 0.364. The summed E-state index contributed by atoms with van der Waals surface area (Å²) < 4.78 is 28.4. The molecule has 0 radical (unpaired) electrons. The van der Waals surface area contributed by atoms with Gasteiger partial charge in [0.2, 0.25) is 9.84 Å². The Morgan fingerprint density at radius 3 is 2.59 bits per heavy atom. The van der Waals surface area contributed by atoms with Gasteiger partial charge in [0.1, 0.15) is 0 Å². The number of ether oxygens (including phenoxy) is 1. The molecule has 0 heterocycles. The third-order valence-corrected chi connectivity index (χ3v) is 3.69. The molecule has 0 unspecified atom stereocenters. The quantitative estimate of drug-likeness (QED) is 0.864. The highest BCUT2D eigenvalue weighted by Crippen LogP contribution is 2.17. The molecule has 6 heteroatoms. The summed E-state index contributed by atoms with van der Waals surface area (Å²) in [6.45, 7) is 3.59. The number of hydrogen-bond acceptors (Lipinski definition) is 4. The zero-order valence-corrected chi connectivity index (χ0v) is 10.5. The Hall–Kier alpha value is -1.40. The van der Waals surface area contributed by atoms with E-state index in [0.717, 1.165) is 6.07 Å². The molecule has 1 aromatic carbocycles. The summed E-state index contributed by atoms with van der Waals surface area (Å²) in [5.41, 5.74) is 0.510. The highest BCUT2D eigenvalue weighted by Gasteiger charge is 2.17. The maximum Gasteiger partial charge on any atom is 0.335 e. The highest BCUT2D eigenvalue weighted by atomic mass is 32.2. The molecule has 94 valence electrons. The first kappa shape index (κ1) is 13.7. The maximum atomic E-state index is 11.8. The van der Waals surface area contributed by atoms with E-state index >= 15 is 0 Å². The van der Waals surface area contributed by atoms with Crippen LogP contribution >= 0.6 is 0 Å². The van der Waals surface area contributed by atoms with Gasteiger partial charge in [-0.15, -0.1) is 0 Å². The molecule has 0 spiro atoms. The smallest absolute Gasteiger partial charge is 0.335 e. The van der Waals surface area contributed by atoms with Crippen molar-refractivity contribution in [2.45, 2.75) is 18.7 Å². The molecule has 0 aliphatic carbocycles. The number of aromatic carboxylic acids is 1. The minimum Gasteiger partial charge on any atom is -0.478 e. The third-order valence-electron chi connectivity index (χ3n) is 2.24. The monoisotopic (exact) mass is 258 g/mol. The third kappa shape index (κ3) is 3.28. The average molecular weight is 258 g/mol. The summed E-state index contributed by atoms with van der Waals surface area (Å²) >= 11 is 0. The fourth-order valence-electron chi connectivity index (χ4n) is 1.29. The molecule has 0 aliphatic heterocycles. The zero-order chi connectivity index (χ0) is 13.1. The molecule has 0 aliphatic rings. The first-order chi connectivity index (χ1) is 7.88. The van der Waals surface area contributed by atoms with Crippen molar-refractivity contribution in [3.05, 3.63) is 29.3 Å². The standard InChI is InChI=1S/C11H14O5S/c1-3-16-7-17(14,15)9-5-4-8(2)10(6-9)11(12)13/h4-6H,3,7H2,1-2H3,(H,12,13). The SMILES string of the molecule is CCOCS(=O)(=O)c1ccc(C)c(C(=O)O)c1. The van der Waals surface area contributed by atoms with Crippen molar-refractivity contribution in [3.63, 3.8) is 0 Å². The molecule has 1 N–H and O–H groups in total. The number of carboxylic acid groups (broad SMARTS) is 1. The number of sulfone groups is 1. The lowest BCUT2D eigenvalue weighted by Gasteiger charge is -2.07. The average Bonchev–Trinajstić information content (AvgIpc) is 2.26. The second-order valence-corrected chi connectivity index (χ2v) is 5.44. The lowest BCUT2D eigenvalue weighted by atomic mass is 10.1. The van der Waals surface area contributed by atoms with E-state index in [-0.39, 0.29) is 17.1 Å². The van der Waals surface area contributed by atoms with Gasteiger partial charge in [-0.2, -0.15) is 0 Å². The number of aryl methyl sites for hydroxylation is 1. The van der Waals surface area contributed by atoms with Crippen LogP contribution in [0.1, 0.15) is 22.8 Å². The molecule has 0 amide bonds. The largest absolute Gasteiger partial charge is 0.478 e. The van der Waals surface area contributed by atoms with Crippen molar-refractivity contribution in [2.75, 3.05) is 12.5 Å². The van der Waals surface area contributed by atoms with E-state index < -0.39 is 21.7 Å². The Balaban J connectivity index is 3.16. The molecule has 1 aromatic rings. The van der Waals surface area contributed by atoms with Crippen LogP contribution in [0.3, 0.4) is 0 Å². The normalized spacial score (nSPS) is 11.4. The van der Waals surface area contributed by atoms with E-state index in [0.29, 0.717) is 5.56 Å². The molecule has 17 heavy (non-hydrogen) atoms. The molecule has 0 atom stereocenters. The van der Waals surface area contributed by atoms with E-state index in [2.05, 4.69) is 0 Å². The van der Waals surface area contributed by atoms with Gasteiger partial charge in [-0.1, -0.05) is 6.07 Å². The van der Waals surface area contributed by atoms with Gasteiger partial charge >= 0.3 is 5.97 Å². The number of rotatable bonds is 5. The number of carboxylic acids is 1. The summed E-state index contributed by atoms with van der Waals surface area (Å²) in [4.78, 5) is 10.9. The van der Waals surface area contributed by atoms with Gasteiger partial charge in [0.05, 0.1) is 10.5 Å². The van der Waals surface area contributed by atoms with Crippen LogP contribution in [0.2, 0.25) is 0 Å². The van der Waals surface area contributed by atoms with E-state index in [9.17, 15) is 13.2 Å². The van der Waals surface area contributed by atoms with Gasteiger partial charge in [-0.3, -0.25) is 0 Å². The van der Waals surface area contributed by atoms with Gasteiger partial charge in [-0.05, 0) is 31.5 Å². The summed E-state index contributed by atoms with van der Waals surface area (Å²) in [5, 5.41) is 8.91. The second kappa shape index (κ2) is 5.29. The van der Waals surface area contributed by atoms with E-state index in [1.807, 2.05) is 0 Å². The van der Waals surface area contributed by atoms with Gasteiger partial charge in [0, 0.05) is 6.61 Å². The number of benzene rings is 1. The summed E-state index contributed by atoms with van der Waals surface area (Å²) in [7, 11) is -3.58. The molecule has 0 aromatic heterocycles. The van der Waals surface area contributed by atoms with Crippen molar-refractivity contribution in [1.29, 1.82) is 0 Å². The number of hydrogen-bond donors (Lipinski definition) is 1. The summed E-state index contributed by atoms with van der Waals surface area (Å²) in [5.74, 6) is -1.58. The van der Waals surface area contributed by atoms with Crippen LogP contribution in [0.15, 0.2) is 23.1 Å². The molecule has 0 bridgehead atoms. The highest BCUT2D eigenvalue weighted by molar-refractivity contribution is 7.91.